The minimum Gasteiger partial charge on any atom is -0.384 e. The summed E-state index contributed by atoms with van der Waals surface area (Å²) in [6.45, 7) is 0.192. The van der Waals surface area contributed by atoms with Gasteiger partial charge in [-0.25, -0.2) is 8.42 Å². The third-order valence-corrected chi connectivity index (χ3v) is 4.80. The van der Waals surface area contributed by atoms with Gasteiger partial charge in [-0.05, 0) is 12.1 Å². The van der Waals surface area contributed by atoms with E-state index in [-0.39, 0.29) is 12.3 Å². The first kappa shape index (κ1) is 14.9. The largest absolute Gasteiger partial charge is 0.384 e. The molecule has 1 rings (SSSR count). The van der Waals surface area contributed by atoms with E-state index in [1.807, 2.05) is 18.2 Å². The van der Waals surface area contributed by atoms with E-state index in [1.165, 1.54) is 0 Å². The molecule has 0 fully saturated rings. The van der Waals surface area contributed by atoms with Gasteiger partial charge in [-0.1, -0.05) is 18.2 Å². The van der Waals surface area contributed by atoms with Crippen molar-refractivity contribution >= 4 is 25.6 Å². The maximum Gasteiger partial charge on any atom is 0.265 e. The van der Waals surface area contributed by atoms with Crippen molar-refractivity contribution in [1.29, 1.82) is 0 Å². The molecule has 0 spiro atoms. The molecular formula is C10H15NO5S2. The average Bonchev–Trinajstić information content (AvgIpc) is 2.27. The molecule has 0 bridgehead atoms. The lowest BCUT2D eigenvalue weighted by molar-refractivity contribution is 0.484. The molecule has 0 saturated heterocycles. The number of nitrogens with one attached hydrogen (secondary N) is 1. The summed E-state index contributed by atoms with van der Waals surface area (Å²) in [5.41, 5.74) is 0.794. The molecule has 6 nitrogen and oxygen atoms in total. The van der Waals surface area contributed by atoms with Crippen molar-refractivity contribution in [1.82, 2.24) is 0 Å². The molecule has 2 N–H and O–H groups in total. The van der Waals surface area contributed by atoms with Gasteiger partial charge in [0, 0.05) is 12.2 Å². The average molecular weight is 293 g/mol. The van der Waals surface area contributed by atoms with Crippen LogP contribution >= 0.6 is 0 Å². The quantitative estimate of drug-likeness (QED) is 0.706. The number of para-hydroxylation sites is 1. The SMILES string of the molecule is O=S(=O)(O)CCS(=O)(=O)CCNc1ccccc1. The Morgan fingerprint density at radius 1 is 0.944 bits per heavy atom. The van der Waals surface area contributed by atoms with Crippen LogP contribution in [0.4, 0.5) is 5.69 Å². The molecular weight excluding hydrogens is 278 g/mol. The van der Waals surface area contributed by atoms with Crippen LogP contribution in [0.25, 0.3) is 0 Å². The van der Waals surface area contributed by atoms with Crippen molar-refractivity contribution in [3.05, 3.63) is 30.3 Å². The smallest absolute Gasteiger partial charge is 0.265 e. The molecule has 0 saturated carbocycles. The third kappa shape index (κ3) is 6.58. The highest BCUT2D eigenvalue weighted by atomic mass is 32.2. The number of sulfone groups is 1. The van der Waals surface area contributed by atoms with Crippen LogP contribution in [0.5, 0.6) is 0 Å². The van der Waals surface area contributed by atoms with Gasteiger partial charge < -0.3 is 5.32 Å². The third-order valence-electron chi connectivity index (χ3n) is 2.17. The normalized spacial score (nSPS) is 12.3. The second-order valence-electron chi connectivity index (χ2n) is 3.73. The van der Waals surface area contributed by atoms with E-state index in [1.54, 1.807) is 12.1 Å². The Hall–Kier alpha value is -1.12. The van der Waals surface area contributed by atoms with E-state index >= 15 is 0 Å². The highest BCUT2D eigenvalue weighted by Gasteiger charge is 2.15. The number of hydrogen-bond acceptors (Lipinski definition) is 5. The molecule has 18 heavy (non-hydrogen) atoms. The van der Waals surface area contributed by atoms with Crippen molar-refractivity contribution in [3.63, 3.8) is 0 Å². The summed E-state index contributed by atoms with van der Waals surface area (Å²) in [7, 11) is -7.72. The summed E-state index contributed by atoms with van der Waals surface area (Å²) in [6, 6.07) is 9.06. The second kappa shape index (κ2) is 6.17. The second-order valence-corrected chi connectivity index (χ2v) is 7.61. The highest BCUT2D eigenvalue weighted by Crippen LogP contribution is 2.04. The van der Waals surface area contributed by atoms with Gasteiger partial charge in [0.2, 0.25) is 0 Å². The van der Waals surface area contributed by atoms with Crippen molar-refractivity contribution in [2.75, 3.05) is 29.1 Å². The van der Waals surface area contributed by atoms with E-state index in [9.17, 15) is 16.8 Å². The van der Waals surface area contributed by atoms with Crippen LogP contribution in [0.1, 0.15) is 0 Å². The fourth-order valence-electron chi connectivity index (χ4n) is 1.24. The zero-order valence-electron chi connectivity index (χ0n) is 9.61. The Morgan fingerprint density at radius 3 is 2.11 bits per heavy atom. The maximum absolute atomic E-state index is 11.5. The maximum atomic E-state index is 11.5. The monoisotopic (exact) mass is 293 g/mol. The standard InChI is InChI=1S/C10H15NO5S2/c12-17(13,8-9-18(14,15)16)7-6-11-10-4-2-1-3-5-10/h1-5,11H,6-9H2,(H,14,15,16). The summed E-state index contributed by atoms with van der Waals surface area (Å²) < 4.78 is 52.3. The van der Waals surface area contributed by atoms with Crippen LogP contribution in [0.2, 0.25) is 0 Å². The fourth-order valence-corrected chi connectivity index (χ4v) is 3.72. The first-order valence-electron chi connectivity index (χ1n) is 5.23. The molecule has 0 unspecified atom stereocenters. The summed E-state index contributed by atoms with van der Waals surface area (Å²) in [6.07, 6.45) is 0. The first-order chi connectivity index (χ1) is 8.29. The Kier molecular flexibility index (Phi) is 5.12. The molecule has 0 aliphatic carbocycles. The minimum atomic E-state index is -4.23. The summed E-state index contributed by atoms with van der Waals surface area (Å²) in [5.74, 6) is -1.51. The van der Waals surface area contributed by atoms with Gasteiger partial charge in [0.05, 0.1) is 17.3 Å². The van der Waals surface area contributed by atoms with Crippen molar-refractivity contribution < 1.29 is 21.4 Å². The molecule has 0 heterocycles. The lowest BCUT2D eigenvalue weighted by Crippen LogP contribution is -2.22. The van der Waals surface area contributed by atoms with E-state index in [0.717, 1.165) is 5.69 Å². The Labute approximate surface area is 107 Å². The van der Waals surface area contributed by atoms with Crippen LogP contribution < -0.4 is 5.32 Å². The van der Waals surface area contributed by atoms with Crippen molar-refractivity contribution in [2.45, 2.75) is 0 Å². The van der Waals surface area contributed by atoms with Gasteiger partial charge in [0.15, 0.2) is 9.84 Å². The van der Waals surface area contributed by atoms with Crippen LogP contribution in [0.3, 0.4) is 0 Å². The van der Waals surface area contributed by atoms with Crippen LogP contribution in [0.15, 0.2) is 30.3 Å². The lowest BCUT2D eigenvalue weighted by atomic mass is 10.3. The molecule has 0 radical (unpaired) electrons. The van der Waals surface area contributed by atoms with Crippen LogP contribution in [-0.2, 0) is 20.0 Å². The molecule has 0 aromatic heterocycles. The zero-order valence-corrected chi connectivity index (χ0v) is 11.2. The number of hydrogen-bond donors (Lipinski definition) is 2. The highest BCUT2D eigenvalue weighted by molar-refractivity contribution is 7.93. The number of benzene rings is 1. The van der Waals surface area contributed by atoms with E-state index in [4.69, 9.17) is 4.55 Å². The minimum absolute atomic E-state index is 0.183. The predicted octanol–water partition coefficient (Wildman–Crippen LogP) is 0.401. The van der Waals surface area contributed by atoms with Gasteiger partial charge in [0.1, 0.15) is 0 Å². The van der Waals surface area contributed by atoms with Gasteiger partial charge >= 0.3 is 0 Å². The zero-order chi connectivity index (χ0) is 13.6. The molecule has 0 aliphatic heterocycles. The van der Waals surface area contributed by atoms with Crippen LogP contribution in [-0.4, -0.2) is 45.2 Å². The molecule has 1 aromatic rings. The molecule has 8 heteroatoms. The molecule has 102 valence electrons. The Balaban J connectivity index is 2.39. The number of rotatable bonds is 7. The first-order valence-corrected chi connectivity index (χ1v) is 8.66. The number of anilines is 1. The predicted molar refractivity (Wildman–Crippen MR) is 70.0 cm³/mol. The molecule has 0 amide bonds. The van der Waals surface area contributed by atoms with Gasteiger partial charge in [-0.15, -0.1) is 0 Å². The Morgan fingerprint density at radius 2 is 1.56 bits per heavy atom. The van der Waals surface area contributed by atoms with Gasteiger partial charge in [-0.3, -0.25) is 4.55 Å². The van der Waals surface area contributed by atoms with Crippen molar-refractivity contribution in [2.24, 2.45) is 0 Å². The summed E-state index contributed by atoms with van der Waals surface area (Å²) in [4.78, 5) is 0. The Bertz CT molecular complexity index is 566. The van der Waals surface area contributed by atoms with E-state index in [0.29, 0.717) is 0 Å². The summed E-state index contributed by atoms with van der Waals surface area (Å²) in [5, 5.41) is 2.91. The van der Waals surface area contributed by atoms with E-state index in [2.05, 4.69) is 5.32 Å². The lowest BCUT2D eigenvalue weighted by Gasteiger charge is -2.06. The van der Waals surface area contributed by atoms with E-state index < -0.39 is 31.5 Å². The van der Waals surface area contributed by atoms with Crippen molar-refractivity contribution in [3.8, 4) is 0 Å². The summed E-state index contributed by atoms with van der Waals surface area (Å²) >= 11 is 0. The molecule has 0 aliphatic rings. The molecule has 1 aromatic carbocycles. The fraction of sp³-hybridized carbons (Fsp3) is 0.400. The van der Waals surface area contributed by atoms with Gasteiger partial charge in [-0.2, -0.15) is 8.42 Å². The molecule has 0 atom stereocenters. The van der Waals surface area contributed by atoms with Crippen LogP contribution in [0, 0.1) is 0 Å². The topological polar surface area (TPSA) is 101 Å². The van der Waals surface area contributed by atoms with Gasteiger partial charge in [0.25, 0.3) is 10.1 Å².